The fraction of sp³-hybridized carbons (Fsp3) is 0.231. The molecule has 0 fully saturated rings. The average Bonchev–Trinajstić information content (AvgIpc) is 2.68. The van der Waals surface area contributed by atoms with Gasteiger partial charge in [-0.25, -0.2) is 0 Å². The first-order valence-corrected chi connectivity index (χ1v) is 5.03. The van der Waals surface area contributed by atoms with Gasteiger partial charge in [-0.15, -0.1) is 0 Å². The molecule has 0 aliphatic rings. The van der Waals surface area contributed by atoms with Gasteiger partial charge < -0.3 is 4.42 Å². The van der Waals surface area contributed by atoms with Crippen LogP contribution in [-0.4, -0.2) is 0 Å². The van der Waals surface area contributed by atoms with Gasteiger partial charge in [-0.1, -0.05) is 37.3 Å². The summed E-state index contributed by atoms with van der Waals surface area (Å²) in [6.45, 7) is 2.16. The Balaban J connectivity index is 2.37. The maximum atomic E-state index is 5.46. The fourth-order valence-electron chi connectivity index (χ4n) is 1.64. The molecule has 1 nitrogen and oxygen atoms in total. The van der Waals surface area contributed by atoms with Crippen molar-refractivity contribution in [3.63, 3.8) is 0 Å². The molecule has 0 amide bonds. The normalized spacial score (nSPS) is 10.4. The number of furan rings is 1. The van der Waals surface area contributed by atoms with Gasteiger partial charge in [0, 0.05) is 12.0 Å². The Labute approximate surface area is 84.4 Å². The lowest BCUT2D eigenvalue weighted by molar-refractivity contribution is 0.507. The molecule has 1 aromatic heterocycles. The second-order valence-electron chi connectivity index (χ2n) is 3.37. The summed E-state index contributed by atoms with van der Waals surface area (Å²) >= 11 is 0. The number of benzene rings is 1. The van der Waals surface area contributed by atoms with Crippen molar-refractivity contribution in [1.29, 1.82) is 0 Å². The number of hydrogen-bond acceptors (Lipinski definition) is 1. The minimum atomic E-state index is 1.01. The van der Waals surface area contributed by atoms with Crippen molar-refractivity contribution >= 4 is 0 Å². The molecule has 14 heavy (non-hydrogen) atoms. The largest absolute Gasteiger partial charge is 0.469 e. The van der Waals surface area contributed by atoms with Crippen molar-refractivity contribution < 1.29 is 4.42 Å². The Bertz CT molecular complexity index is 387. The highest BCUT2D eigenvalue weighted by atomic mass is 16.3. The summed E-state index contributed by atoms with van der Waals surface area (Å²) in [6.07, 6.45) is 3.90. The highest BCUT2D eigenvalue weighted by molar-refractivity contribution is 5.65. The summed E-state index contributed by atoms with van der Waals surface area (Å²) in [5.74, 6) is 1.10. The third-order valence-electron chi connectivity index (χ3n) is 2.31. The zero-order valence-corrected chi connectivity index (χ0v) is 8.36. The van der Waals surface area contributed by atoms with Crippen molar-refractivity contribution in [2.45, 2.75) is 19.8 Å². The van der Waals surface area contributed by atoms with Crippen molar-refractivity contribution in [3.05, 3.63) is 48.4 Å². The van der Waals surface area contributed by atoms with E-state index in [1.807, 2.05) is 12.1 Å². The smallest absolute Gasteiger partial charge is 0.111 e. The van der Waals surface area contributed by atoms with Crippen molar-refractivity contribution in [2.75, 3.05) is 0 Å². The Morgan fingerprint density at radius 3 is 2.57 bits per heavy atom. The highest BCUT2D eigenvalue weighted by Gasteiger charge is 2.06. The molecule has 0 spiro atoms. The first kappa shape index (κ1) is 9.07. The molecule has 0 unspecified atom stereocenters. The van der Waals surface area contributed by atoms with Gasteiger partial charge in [0.15, 0.2) is 0 Å². The summed E-state index contributed by atoms with van der Waals surface area (Å²) < 4.78 is 5.46. The maximum absolute atomic E-state index is 5.46. The molecular formula is C13H14O. The van der Waals surface area contributed by atoms with Gasteiger partial charge in [-0.2, -0.15) is 0 Å². The van der Waals surface area contributed by atoms with E-state index in [2.05, 4.69) is 31.2 Å². The molecule has 0 radical (unpaired) electrons. The van der Waals surface area contributed by atoms with Crippen LogP contribution in [0.25, 0.3) is 11.1 Å². The predicted octanol–water partition coefficient (Wildman–Crippen LogP) is 3.90. The topological polar surface area (TPSA) is 13.1 Å². The minimum Gasteiger partial charge on any atom is -0.469 e. The van der Waals surface area contributed by atoms with Crippen molar-refractivity contribution in [1.82, 2.24) is 0 Å². The van der Waals surface area contributed by atoms with Gasteiger partial charge in [-0.3, -0.25) is 0 Å². The maximum Gasteiger partial charge on any atom is 0.111 e. The molecule has 0 aliphatic heterocycles. The molecular weight excluding hydrogens is 172 g/mol. The Morgan fingerprint density at radius 1 is 1.07 bits per heavy atom. The Hall–Kier alpha value is -1.50. The molecule has 0 bridgehead atoms. The van der Waals surface area contributed by atoms with Crippen molar-refractivity contribution in [3.8, 4) is 11.1 Å². The molecule has 0 atom stereocenters. The lowest BCUT2D eigenvalue weighted by Crippen LogP contribution is -1.83. The van der Waals surface area contributed by atoms with Gasteiger partial charge >= 0.3 is 0 Å². The molecule has 0 saturated heterocycles. The van der Waals surface area contributed by atoms with Gasteiger partial charge in [0.05, 0.1) is 6.26 Å². The summed E-state index contributed by atoms with van der Waals surface area (Å²) in [4.78, 5) is 0. The SMILES string of the molecule is CCCc1occc1-c1ccccc1. The molecule has 2 aromatic rings. The van der Waals surface area contributed by atoms with Gasteiger partial charge in [0.2, 0.25) is 0 Å². The first-order chi connectivity index (χ1) is 6.92. The van der Waals surface area contributed by atoms with Crippen LogP contribution < -0.4 is 0 Å². The zero-order valence-electron chi connectivity index (χ0n) is 8.36. The number of rotatable bonds is 3. The molecule has 1 aromatic carbocycles. The molecule has 0 N–H and O–H groups in total. The molecule has 0 aliphatic carbocycles. The number of hydrogen-bond donors (Lipinski definition) is 0. The fourth-order valence-corrected chi connectivity index (χ4v) is 1.64. The standard InChI is InChI=1S/C13H14O/c1-2-6-13-12(9-10-14-13)11-7-4-3-5-8-11/h3-5,7-10H,2,6H2,1H3. The van der Waals surface area contributed by atoms with E-state index in [1.165, 1.54) is 11.1 Å². The van der Waals surface area contributed by atoms with Gasteiger partial charge in [-0.05, 0) is 18.1 Å². The monoisotopic (exact) mass is 186 g/mol. The van der Waals surface area contributed by atoms with Gasteiger partial charge in [0.1, 0.15) is 5.76 Å². The summed E-state index contributed by atoms with van der Waals surface area (Å²) in [6, 6.07) is 12.4. The lowest BCUT2D eigenvalue weighted by Gasteiger charge is -2.00. The van der Waals surface area contributed by atoms with E-state index in [1.54, 1.807) is 6.26 Å². The minimum absolute atomic E-state index is 1.01. The quantitative estimate of drug-likeness (QED) is 0.708. The summed E-state index contributed by atoms with van der Waals surface area (Å²) in [5.41, 5.74) is 2.47. The van der Waals surface area contributed by atoms with E-state index in [9.17, 15) is 0 Å². The third-order valence-corrected chi connectivity index (χ3v) is 2.31. The van der Waals surface area contributed by atoms with E-state index in [-0.39, 0.29) is 0 Å². The summed E-state index contributed by atoms with van der Waals surface area (Å²) in [7, 11) is 0. The summed E-state index contributed by atoms with van der Waals surface area (Å²) in [5, 5.41) is 0. The third kappa shape index (κ3) is 1.72. The van der Waals surface area contributed by atoms with Crippen LogP contribution in [0.2, 0.25) is 0 Å². The molecule has 1 heteroatoms. The van der Waals surface area contributed by atoms with Crippen LogP contribution in [0.3, 0.4) is 0 Å². The van der Waals surface area contributed by atoms with Crippen LogP contribution >= 0.6 is 0 Å². The van der Waals surface area contributed by atoms with E-state index < -0.39 is 0 Å². The number of aryl methyl sites for hydroxylation is 1. The van der Waals surface area contributed by atoms with Crippen LogP contribution in [-0.2, 0) is 6.42 Å². The van der Waals surface area contributed by atoms with Crippen molar-refractivity contribution in [2.24, 2.45) is 0 Å². The molecule has 2 rings (SSSR count). The Morgan fingerprint density at radius 2 is 1.86 bits per heavy atom. The Kier molecular flexibility index (Phi) is 2.68. The second kappa shape index (κ2) is 4.14. The predicted molar refractivity (Wildman–Crippen MR) is 58.1 cm³/mol. The average molecular weight is 186 g/mol. The molecule has 72 valence electrons. The van der Waals surface area contributed by atoms with Crippen LogP contribution in [0.1, 0.15) is 19.1 Å². The second-order valence-corrected chi connectivity index (χ2v) is 3.37. The van der Waals surface area contributed by atoms with E-state index in [4.69, 9.17) is 4.42 Å². The zero-order chi connectivity index (χ0) is 9.80. The van der Waals surface area contributed by atoms with E-state index >= 15 is 0 Å². The highest BCUT2D eigenvalue weighted by Crippen LogP contribution is 2.25. The molecule has 0 saturated carbocycles. The molecule has 1 heterocycles. The van der Waals surface area contributed by atoms with Crippen LogP contribution in [0.15, 0.2) is 47.1 Å². The van der Waals surface area contributed by atoms with E-state index in [0.29, 0.717) is 0 Å². The first-order valence-electron chi connectivity index (χ1n) is 5.03. The van der Waals surface area contributed by atoms with Crippen LogP contribution in [0.5, 0.6) is 0 Å². The van der Waals surface area contributed by atoms with E-state index in [0.717, 1.165) is 18.6 Å². The lowest BCUT2D eigenvalue weighted by atomic mass is 10.0. The van der Waals surface area contributed by atoms with Crippen LogP contribution in [0.4, 0.5) is 0 Å². The van der Waals surface area contributed by atoms with Gasteiger partial charge in [0.25, 0.3) is 0 Å². The van der Waals surface area contributed by atoms with Crippen LogP contribution in [0, 0.1) is 0 Å².